The highest BCUT2D eigenvalue weighted by Gasteiger charge is 2.18. The van der Waals surface area contributed by atoms with Crippen molar-refractivity contribution < 1.29 is 4.52 Å². The highest BCUT2D eigenvalue weighted by atomic mass is 16.5. The van der Waals surface area contributed by atoms with Gasteiger partial charge in [0.2, 0.25) is 0 Å². The summed E-state index contributed by atoms with van der Waals surface area (Å²) in [5, 5.41) is 15.9. The molecule has 3 aromatic rings. The predicted molar refractivity (Wildman–Crippen MR) is 79.8 cm³/mol. The van der Waals surface area contributed by atoms with Gasteiger partial charge < -0.3 is 9.84 Å². The van der Waals surface area contributed by atoms with E-state index in [1.807, 2.05) is 6.20 Å². The maximum Gasteiger partial charge on any atom is 0.140 e. The van der Waals surface area contributed by atoms with Gasteiger partial charge in [-0.15, -0.1) is 0 Å². The van der Waals surface area contributed by atoms with Crippen molar-refractivity contribution in [1.29, 1.82) is 0 Å². The maximum atomic E-state index is 5.43. The molecule has 0 aliphatic heterocycles. The van der Waals surface area contributed by atoms with E-state index in [2.05, 4.69) is 38.9 Å². The van der Waals surface area contributed by atoms with Crippen LogP contribution in [0.2, 0.25) is 0 Å². The molecule has 0 saturated heterocycles. The highest BCUT2D eigenvalue weighted by molar-refractivity contribution is 5.78. The van der Waals surface area contributed by atoms with Crippen molar-refractivity contribution in [3.63, 3.8) is 0 Å². The van der Waals surface area contributed by atoms with Gasteiger partial charge >= 0.3 is 0 Å². The lowest BCUT2D eigenvalue weighted by molar-refractivity contribution is 0.366. The van der Waals surface area contributed by atoms with E-state index in [-0.39, 0.29) is 0 Å². The SMILES string of the molecule is c1cc2cn[nH]c2cc1CNCc1noc2c1CCCC2. The molecule has 0 bridgehead atoms. The minimum atomic E-state index is 0.764. The summed E-state index contributed by atoms with van der Waals surface area (Å²) < 4.78 is 5.43. The van der Waals surface area contributed by atoms with Crippen LogP contribution in [0.4, 0.5) is 0 Å². The number of fused-ring (bicyclic) bond motifs is 2. The Hall–Kier alpha value is -2.14. The second-order valence-electron chi connectivity index (χ2n) is 5.63. The van der Waals surface area contributed by atoms with Crippen molar-refractivity contribution in [2.75, 3.05) is 0 Å². The minimum Gasteiger partial charge on any atom is -0.361 e. The number of H-pyrrole nitrogens is 1. The van der Waals surface area contributed by atoms with E-state index in [9.17, 15) is 0 Å². The summed E-state index contributed by atoms with van der Waals surface area (Å²) in [4.78, 5) is 0. The Bertz CT molecular complexity index is 759. The van der Waals surface area contributed by atoms with E-state index in [1.54, 1.807) is 0 Å². The number of hydrogen-bond acceptors (Lipinski definition) is 4. The van der Waals surface area contributed by atoms with Gasteiger partial charge in [0, 0.05) is 30.5 Å². The number of nitrogens with zero attached hydrogens (tertiary/aromatic N) is 2. The number of aromatic nitrogens is 3. The summed E-state index contributed by atoms with van der Waals surface area (Å²) >= 11 is 0. The minimum absolute atomic E-state index is 0.764. The van der Waals surface area contributed by atoms with E-state index in [4.69, 9.17) is 4.52 Å². The van der Waals surface area contributed by atoms with E-state index < -0.39 is 0 Å². The molecule has 4 rings (SSSR count). The second-order valence-corrected chi connectivity index (χ2v) is 5.63. The Labute approximate surface area is 122 Å². The molecule has 0 radical (unpaired) electrons. The first-order chi connectivity index (χ1) is 10.4. The lowest BCUT2D eigenvalue weighted by Gasteiger charge is -2.09. The van der Waals surface area contributed by atoms with Crippen molar-refractivity contribution in [3.8, 4) is 0 Å². The van der Waals surface area contributed by atoms with Crippen LogP contribution in [0, 0.1) is 0 Å². The Kier molecular flexibility index (Phi) is 3.20. The van der Waals surface area contributed by atoms with Crippen LogP contribution >= 0.6 is 0 Å². The zero-order valence-corrected chi connectivity index (χ0v) is 11.9. The van der Waals surface area contributed by atoms with Crippen LogP contribution in [0.25, 0.3) is 10.9 Å². The molecule has 2 N–H and O–H groups in total. The Morgan fingerprint density at radius 1 is 1.19 bits per heavy atom. The lowest BCUT2D eigenvalue weighted by atomic mass is 9.96. The first-order valence-electron chi connectivity index (χ1n) is 7.49. The van der Waals surface area contributed by atoms with Gasteiger partial charge in [-0.25, -0.2) is 0 Å². The van der Waals surface area contributed by atoms with Gasteiger partial charge in [-0.3, -0.25) is 5.10 Å². The number of aromatic amines is 1. The van der Waals surface area contributed by atoms with Gasteiger partial charge in [-0.05, 0) is 30.9 Å². The molecule has 1 aliphatic carbocycles. The molecule has 0 unspecified atom stereocenters. The summed E-state index contributed by atoms with van der Waals surface area (Å²) in [6, 6.07) is 6.35. The number of aryl methyl sites for hydroxylation is 1. The summed E-state index contributed by atoms with van der Waals surface area (Å²) in [6.45, 7) is 1.58. The van der Waals surface area contributed by atoms with Crippen molar-refractivity contribution >= 4 is 10.9 Å². The van der Waals surface area contributed by atoms with Crippen molar-refractivity contribution in [3.05, 3.63) is 47.0 Å². The van der Waals surface area contributed by atoms with Crippen LogP contribution in [-0.2, 0) is 25.9 Å². The zero-order chi connectivity index (χ0) is 14.1. The summed E-state index contributed by atoms with van der Waals surface area (Å²) in [5.41, 5.74) is 4.72. The predicted octanol–water partition coefficient (Wildman–Crippen LogP) is 2.72. The maximum absolute atomic E-state index is 5.43. The molecule has 0 atom stereocenters. The summed E-state index contributed by atoms with van der Waals surface area (Å²) in [6.07, 6.45) is 6.46. The van der Waals surface area contributed by atoms with Crippen LogP contribution in [0.3, 0.4) is 0 Å². The van der Waals surface area contributed by atoms with Crippen LogP contribution in [0.15, 0.2) is 28.9 Å². The van der Waals surface area contributed by atoms with E-state index in [1.165, 1.54) is 24.0 Å². The van der Waals surface area contributed by atoms with Crippen molar-refractivity contribution in [2.24, 2.45) is 0 Å². The van der Waals surface area contributed by atoms with E-state index in [0.717, 1.165) is 48.3 Å². The molecule has 108 valence electrons. The topological polar surface area (TPSA) is 66.7 Å². The van der Waals surface area contributed by atoms with Gasteiger partial charge in [0.25, 0.3) is 0 Å². The van der Waals surface area contributed by atoms with Crippen molar-refractivity contribution in [1.82, 2.24) is 20.7 Å². The highest BCUT2D eigenvalue weighted by Crippen LogP contribution is 2.24. The average molecular weight is 282 g/mol. The molecule has 2 heterocycles. The van der Waals surface area contributed by atoms with Gasteiger partial charge in [0.15, 0.2) is 0 Å². The first kappa shape index (κ1) is 12.6. The lowest BCUT2D eigenvalue weighted by Crippen LogP contribution is -2.14. The Morgan fingerprint density at radius 2 is 2.14 bits per heavy atom. The van der Waals surface area contributed by atoms with E-state index >= 15 is 0 Å². The fourth-order valence-corrected chi connectivity index (χ4v) is 3.01. The molecule has 5 heteroatoms. The van der Waals surface area contributed by atoms with Gasteiger partial charge in [-0.2, -0.15) is 5.10 Å². The Balaban J connectivity index is 1.42. The van der Waals surface area contributed by atoms with Crippen LogP contribution < -0.4 is 5.32 Å². The van der Waals surface area contributed by atoms with Gasteiger partial charge in [0.1, 0.15) is 11.5 Å². The quantitative estimate of drug-likeness (QED) is 0.772. The molecule has 0 fully saturated rings. The first-order valence-corrected chi connectivity index (χ1v) is 7.49. The fourth-order valence-electron chi connectivity index (χ4n) is 3.01. The Morgan fingerprint density at radius 3 is 3.14 bits per heavy atom. The molecule has 5 nitrogen and oxygen atoms in total. The molecule has 1 aliphatic rings. The zero-order valence-electron chi connectivity index (χ0n) is 11.9. The molecular weight excluding hydrogens is 264 g/mol. The monoisotopic (exact) mass is 282 g/mol. The number of nitrogens with one attached hydrogen (secondary N) is 2. The third-order valence-corrected chi connectivity index (χ3v) is 4.16. The van der Waals surface area contributed by atoms with Crippen LogP contribution in [-0.4, -0.2) is 15.4 Å². The summed E-state index contributed by atoms with van der Waals surface area (Å²) in [7, 11) is 0. The van der Waals surface area contributed by atoms with E-state index in [0.29, 0.717) is 0 Å². The van der Waals surface area contributed by atoms with Gasteiger partial charge in [-0.1, -0.05) is 17.3 Å². The second kappa shape index (κ2) is 5.33. The third kappa shape index (κ3) is 2.45. The average Bonchev–Trinajstić information content (AvgIpc) is 3.14. The molecule has 2 aromatic heterocycles. The van der Waals surface area contributed by atoms with Crippen molar-refractivity contribution in [2.45, 2.75) is 38.8 Å². The molecule has 0 spiro atoms. The molecule has 1 aromatic carbocycles. The molecule has 0 amide bonds. The smallest absolute Gasteiger partial charge is 0.140 e. The van der Waals surface area contributed by atoms with Crippen LogP contribution in [0.1, 0.15) is 35.4 Å². The molecule has 21 heavy (non-hydrogen) atoms. The molecular formula is C16H18N4O. The largest absolute Gasteiger partial charge is 0.361 e. The number of hydrogen-bond donors (Lipinski definition) is 2. The van der Waals surface area contributed by atoms with Crippen LogP contribution in [0.5, 0.6) is 0 Å². The number of benzene rings is 1. The third-order valence-electron chi connectivity index (χ3n) is 4.16. The fraction of sp³-hybridized carbons (Fsp3) is 0.375. The standard InChI is InChI=1S/C16H18N4O/c1-2-4-16-13(3-1)15(20-21-16)10-17-8-11-5-6-12-9-18-19-14(12)7-11/h5-7,9,17H,1-4,8,10H2,(H,18,19). The summed E-state index contributed by atoms with van der Waals surface area (Å²) in [5.74, 6) is 1.09. The van der Waals surface area contributed by atoms with Gasteiger partial charge in [0.05, 0.1) is 11.7 Å². The normalized spacial score (nSPS) is 14.5. The molecule has 0 saturated carbocycles. The number of rotatable bonds is 4.